The first kappa shape index (κ1) is 17.5. The molecule has 0 heterocycles. The maximum absolute atomic E-state index is 13.2. The molecule has 0 aliphatic rings. The Balaban J connectivity index is 2.10. The van der Waals surface area contributed by atoms with Crippen LogP contribution in [0.5, 0.6) is 0 Å². The van der Waals surface area contributed by atoms with Crippen LogP contribution < -0.4 is 10.0 Å². The Labute approximate surface area is 134 Å². The molecule has 0 saturated heterocycles. The second-order valence-electron chi connectivity index (χ2n) is 5.13. The van der Waals surface area contributed by atoms with E-state index >= 15 is 0 Å². The second-order valence-corrected chi connectivity index (χ2v) is 7.02. The maximum atomic E-state index is 13.2. The molecule has 1 atom stereocenters. The fourth-order valence-electron chi connectivity index (χ4n) is 2.11. The Hall–Kier alpha value is -1.83. The minimum Gasteiger partial charge on any atom is -0.306 e. The van der Waals surface area contributed by atoms with Crippen molar-refractivity contribution in [2.24, 2.45) is 0 Å². The molecule has 0 bridgehead atoms. The minimum atomic E-state index is -3.50. The summed E-state index contributed by atoms with van der Waals surface area (Å²) in [7, 11) is -2.15. The van der Waals surface area contributed by atoms with Gasteiger partial charge in [-0.3, -0.25) is 0 Å². The molecule has 0 amide bonds. The number of rotatable bonds is 6. The summed E-state index contributed by atoms with van der Waals surface area (Å²) in [4.78, 5) is 0.180. The van der Waals surface area contributed by atoms with E-state index < -0.39 is 21.7 Å². The number of nitrogens with one attached hydrogen (secondary N) is 2. The first-order valence-corrected chi connectivity index (χ1v) is 8.52. The summed E-state index contributed by atoms with van der Waals surface area (Å²) < 4.78 is 52.0. The molecular weight excluding hydrogens is 322 g/mol. The number of halogens is 2. The van der Waals surface area contributed by atoms with E-state index in [9.17, 15) is 17.2 Å². The van der Waals surface area contributed by atoms with Gasteiger partial charge in [0.2, 0.25) is 10.0 Å². The summed E-state index contributed by atoms with van der Waals surface area (Å²) in [5.74, 6) is -1.77. The molecule has 0 spiro atoms. The first-order chi connectivity index (χ1) is 10.8. The molecule has 0 aliphatic heterocycles. The van der Waals surface area contributed by atoms with Crippen molar-refractivity contribution in [2.75, 3.05) is 7.05 Å². The third-order valence-electron chi connectivity index (χ3n) is 3.53. The van der Waals surface area contributed by atoms with Crippen molar-refractivity contribution >= 4 is 10.0 Å². The molecule has 0 saturated carbocycles. The quantitative estimate of drug-likeness (QED) is 0.850. The highest BCUT2D eigenvalue weighted by Gasteiger charge is 2.13. The van der Waals surface area contributed by atoms with Crippen molar-refractivity contribution in [1.29, 1.82) is 0 Å². The zero-order valence-electron chi connectivity index (χ0n) is 12.8. The number of benzene rings is 2. The molecule has 2 rings (SSSR count). The molecule has 2 aromatic rings. The monoisotopic (exact) mass is 340 g/mol. The highest BCUT2D eigenvalue weighted by Crippen LogP contribution is 2.18. The topological polar surface area (TPSA) is 58.2 Å². The summed E-state index contributed by atoms with van der Waals surface area (Å²) in [6.07, 6.45) is 0. The Kier molecular flexibility index (Phi) is 5.46. The predicted octanol–water partition coefficient (Wildman–Crippen LogP) is 2.72. The zero-order chi connectivity index (χ0) is 17.0. The Morgan fingerprint density at radius 3 is 2.48 bits per heavy atom. The Bertz CT molecular complexity index is 794. The summed E-state index contributed by atoms with van der Waals surface area (Å²) in [6, 6.07) is 10.1. The molecule has 23 heavy (non-hydrogen) atoms. The third kappa shape index (κ3) is 4.34. The lowest BCUT2D eigenvalue weighted by Crippen LogP contribution is -2.21. The number of hydrogen-bond donors (Lipinski definition) is 2. The summed E-state index contributed by atoms with van der Waals surface area (Å²) in [6.45, 7) is 2.20. The van der Waals surface area contributed by atoms with Gasteiger partial charge in [0.05, 0.1) is 4.90 Å². The maximum Gasteiger partial charge on any atom is 0.240 e. The molecular formula is C16H18F2N2O2S. The lowest BCUT2D eigenvalue weighted by Gasteiger charge is -2.15. The predicted molar refractivity (Wildman–Crippen MR) is 84.3 cm³/mol. The van der Waals surface area contributed by atoms with Gasteiger partial charge in [-0.1, -0.05) is 18.2 Å². The van der Waals surface area contributed by atoms with Gasteiger partial charge in [0, 0.05) is 12.6 Å². The van der Waals surface area contributed by atoms with Crippen LogP contribution in [0.25, 0.3) is 0 Å². The normalized spacial score (nSPS) is 13.0. The van der Waals surface area contributed by atoms with Crippen LogP contribution in [0.3, 0.4) is 0 Å². The van der Waals surface area contributed by atoms with Gasteiger partial charge in [-0.15, -0.1) is 0 Å². The molecule has 0 unspecified atom stereocenters. The van der Waals surface area contributed by atoms with Crippen LogP contribution in [-0.2, 0) is 16.6 Å². The molecule has 4 nitrogen and oxygen atoms in total. The van der Waals surface area contributed by atoms with Crippen LogP contribution in [0.4, 0.5) is 8.78 Å². The lowest BCUT2D eigenvalue weighted by molar-refractivity contribution is 0.504. The van der Waals surface area contributed by atoms with Crippen LogP contribution >= 0.6 is 0 Å². The molecule has 0 fully saturated rings. The standard InChI is InChI=1S/C16H18F2N2O2S/c1-11(20-10-12-6-7-15(17)16(18)8-12)13-4-3-5-14(9-13)23(21,22)19-2/h3-9,11,19-20H,10H2,1-2H3/t11-/m0/s1. The van der Waals surface area contributed by atoms with Gasteiger partial charge in [0.25, 0.3) is 0 Å². The largest absolute Gasteiger partial charge is 0.306 e. The van der Waals surface area contributed by atoms with Crippen molar-refractivity contribution in [3.05, 3.63) is 65.2 Å². The van der Waals surface area contributed by atoms with Gasteiger partial charge in [0.15, 0.2) is 11.6 Å². The molecule has 0 radical (unpaired) electrons. The van der Waals surface area contributed by atoms with E-state index in [0.717, 1.165) is 17.7 Å². The summed E-state index contributed by atoms with van der Waals surface area (Å²) in [5, 5.41) is 3.15. The van der Waals surface area contributed by atoms with Crippen molar-refractivity contribution in [3.63, 3.8) is 0 Å². The van der Waals surface area contributed by atoms with E-state index in [-0.39, 0.29) is 10.9 Å². The van der Waals surface area contributed by atoms with Crippen molar-refractivity contribution in [3.8, 4) is 0 Å². The van der Waals surface area contributed by atoms with Crippen LogP contribution in [0.1, 0.15) is 24.1 Å². The lowest BCUT2D eigenvalue weighted by atomic mass is 10.1. The van der Waals surface area contributed by atoms with Crippen LogP contribution in [-0.4, -0.2) is 15.5 Å². The summed E-state index contributed by atoms with van der Waals surface area (Å²) >= 11 is 0. The molecule has 2 aromatic carbocycles. The average molecular weight is 340 g/mol. The molecule has 2 N–H and O–H groups in total. The first-order valence-electron chi connectivity index (χ1n) is 7.04. The average Bonchev–Trinajstić information content (AvgIpc) is 2.55. The molecule has 124 valence electrons. The van der Waals surface area contributed by atoms with E-state index in [1.54, 1.807) is 18.2 Å². The minimum absolute atomic E-state index is 0.157. The van der Waals surface area contributed by atoms with Crippen molar-refractivity contribution < 1.29 is 17.2 Å². The van der Waals surface area contributed by atoms with Gasteiger partial charge >= 0.3 is 0 Å². The molecule has 0 aromatic heterocycles. The van der Waals surface area contributed by atoms with Gasteiger partial charge < -0.3 is 5.32 Å². The van der Waals surface area contributed by atoms with E-state index in [0.29, 0.717) is 12.1 Å². The summed E-state index contributed by atoms with van der Waals surface area (Å²) in [5.41, 5.74) is 1.39. The van der Waals surface area contributed by atoms with E-state index in [2.05, 4.69) is 10.0 Å². The number of hydrogen-bond acceptors (Lipinski definition) is 3. The fraction of sp³-hybridized carbons (Fsp3) is 0.250. The highest BCUT2D eigenvalue weighted by molar-refractivity contribution is 7.89. The van der Waals surface area contributed by atoms with Crippen molar-refractivity contribution in [1.82, 2.24) is 10.0 Å². The Morgan fingerprint density at radius 2 is 1.83 bits per heavy atom. The van der Waals surface area contributed by atoms with Gasteiger partial charge in [0.1, 0.15) is 0 Å². The van der Waals surface area contributed by atoms with E-state index in [1.165, 1.54) is 19.2 Å². The smallest absolute Gasteiger partial charge is 0.240 e. The van der Waals surface area contributed by atoms with Crippen LogP contribution in [0.2, 0.25) is 0 Å². The third-order valence-corrected chi connectivity index (χ3v) is 4.95. The van der Waals surface area contributed by atoms with Gasteiger partial charge in [-0.25, -0.2) is 21.9 Å². The fourth-order valence-corrected chi connectivity index (χ4v) is 2.89. The van der Waals surface area contributed by atoms with E-state index in [4.69, 9.17) is 0 Å². The Morgan fingerprint density at radius 1 is 1.09 bits per heavy atom. The highest BCUT2D eigenvalue weighted by atomic mass is 32.2. The second kappa shape index (κ2) is 7.16. The van der Waals surface area contributed by atoms with Gasteiger partial charge in [-0.05, 0) is 49.4 Å². The number of sulfonamides is 1. The van der Waals surface area contributed by atoms with Crippen LogP contribution in [0.15, 0.2) is 47.4 Å². The molecule has 7 heteroatoms. The van der Waals surface area contributed by atoms with Crippen LogP contribution in [0, 0.1) is 11.6 Å². The van der Waals surface area contributed by atoms with E-state index in [1.807, 2.05) is 6.92 Å². The van der Waals surface area contributed by atoms with Gasteiger partial charge in [-0.2, -0.15) is 0 Å². The van der Waals surface area contributed by atoms with Crippen molar-refractivity contribution in [2.45, 2.75) is 24.4 Å². The molecule has 0 aliphatic carbocycles. The SMILES string of the molecule is CNS(=O)(=O)c1cccc([C@H](C)NCc2ccc(F)c(F)c2)c1. The zero-order valence-corrected chi connectivity index (χ0v) is 13.6.